The standard InChI is InChI=1S/C17H10BrClF3NO2S/c18-12-7-11(17(20,21)22)8-13(9-12)23-26(24,25)15-6-2-4-10-3-1-5-14(19)16(10)15/h1-9,23H. The summed E-state index contributed by atoms with van der Waals surface area (Å²) >= 11 is 9.10. The van der Waals surface area contributed by atoms with Gasteiger partial charge in [0.25, 0.3) is 10.0 Å². The molecule has 0 radical (unpaired) electrons. The van der Waals surface area contributed by atoms with Gasteiger partial charge in [-0.3, -0.25) is 4.72 Å². The van der Waals surface area contributed by atoms with Crippen LogP contribution in [0.1, 0.15) is 5.56 Å². The maximum atomic E-state index is 12.9. The summed E-state index contributed by atoms with van der Waals surface area (Å²) in [4.78, 5) is -0.117. The summed E-state index contributed by atoms with van der Waals surface area (Å²) < 4.78 is 66.7. The summed E-state index contributed by atoms with van der Waals surface area (Å²) in [6.07, 6.45) is -4.60. The molecule has 0 aliphatic rings. The minimum atomic E-state index is -4.60. The fourth-order valence-electron chi connectivity index (χ4n) is 2.51. The van der Waals surface area contributed by atoms with E-state index in [1.165, 1.54) is 18.2 Å². The van der Waals surface area contributed by atoms with Gasteiger partial charge >= 0.3 is 6.18 Å². The molecule has 0 saturated carbocycles. The van der Waals surface area contributed by atoms with Crippen molar-refractivity contribution in [1.29, 1.82) is 0 Å². The van der Waals surface area contributed by atoms with Gasteiger partial charge in [0.05, 0.1) is 16.1 Å². The lowest BCUT2D eigenvalue weighted by molar-refractivity contribution is -0.137. The molecule has 0 aromatic heterocycles. The van der Waals surface area contributed by atoms with Crippen molar-refractivity contribution in [2.75, 3.05) is 4.72 Å². The molecule has 1 N–H and O–H groups in total. The number of halogens is 5. The third-order valence-electron chi connectivity index (χ3n) is 3.58. The van der Waals surface area contributed by atoms with Gasteiger partial charge in [0.15, 0.2) is 0 Å². The van der Waals surface area contributed by atoms with Crippen LogP contribution in [0.4, 0.5) is 18.9 Å². The van der Waals surface area contributed by atoms with Crippen LogP contribution in [0.3, 0.4) is 0 Å². The maximum absolute atomic E-state index is 12.9. The predicted molar refractivity (Wildman–Crippen MR) is 98.9 cm³/mol. The summed E-state index contributed by atoms with van der Waals surface area (Å²) in [5.74, 6) is 0. The molecule has 0 fully saturated rings. The van der Waals surface area contributed by atoms with Crippen molar-refractivity contribution in [3.05, 3.63) is 69.7 Å². The van der Waals surface area contributed by atoms with E-state index in [9.17, 15) is 21.6 Å². The monoisotopic (exact) mass is 463 g/mol. The molecule has 3 rings (SSSR count). The molecule has 0 atom stereocenters. The first-order valence-corrected chi connectivity index (χ1v) is 9.81. The van der Waals surface area contributed by atoms with Crippen LogP contribution in [0.5, 0.6) is 0 Å². The molecule has 0 spiro atoms. The van der Waals surface area contributed by atoms with E-state index in [0.29, 0.717) is 10.8 Å². The van der Waals surface area contributed by atoms with Gasteiger partial charge in [-0.05, 0) is 35.7 Å². The molecule has 3 aromatic carbocycles. The molecule has 9 heteroatoms. The van der Waals surface area contributed by atoms with Gasteiger partial charge in [-0.25, -0.2) is 8.42 Å². The van der Waals surface area contributed by atoms with Crippen LogP contribution < -0.4 is 4.72 Å². The minimum Gasteiger partial charge on any atom is -0.280 e. The zero-order chi connectivity index (χ0) is 19.1. The maximum Gasteiger partial charge on any atom is 0.416 e. The Balaban J connectivity index is 2.11. The van der Waals surface area contributed by atoms with E-state index < -0.39 is 21.8 Å². The van der Waals surface area contributed by atoms with Crippen LogP contribution in [0.25, 0.3) is 10.8 Å². The smallest absolute Gasteiger partial charge is 0.280 e. The Hall–Kier alpha value is -1.77. The van der Waals surface area contributed by atoms with Crippen LogP contribution >= 0.6 is 27.5 Å². The number of anilines is 1. The topological polar surface area (TPSA) is 46.2 Å². The Kier molecular flexibility index (Phi) is 4.94. The second-order valence-electron chi connectivity index (χ2n) is 5.43. The molecule has 3 aromatic rings. The number of hydrogen-bond acceptors (Lipinski definition) is 2. The van der Waals surface area contributed by atoms with E-state index in [1.807, 2.05) is 0 Å². The highest BCUT2D eigenvalue weighted by Gasteiger charge is 2.31. The average molecular weight is 465 g/mol. The highest BCUT2D eigenvalue weighted by atomic mass is 79.9. The molecule has 26 heavy (non-hydrogen) atoms. The lowest BCUT2D eigenvalue weighted by atomic mass is 10.1. The molecule has 0 aliphatic carbocycles. The van der Waals surface area contributed by atoms with Crippen LogP contribution in [0.15, 0.2) is 64.0 Å². The van der Waals surface area contributed by atoms with Crippen molar-refractivity contribution in [2.24, 2.45) is 0 Å². The molecular formula is C17H10BrClF3NO2S. The largest absolute Gasteiger partial charge is 0.416 e. The third kappa shape index (κ3) is 3.82. The highest BCUT2D eigenvalue weighted by molar-refractivity contribution is 9.10. The van der Waals surface area contributed by atoms with Crippen LogP contribution in [0, 0.1) is 0 Å². The first kappa shape index (κ1) is 19.0. The predicted octanol–water partition coefficient (Wildman–Crippen LogP) is 6.08. The normalized spacial score (nSPS) is 12.3. The zero-order valence-corrected chi connectivity index (χ0v) is 16.0. The van der Waals surface area contributed by atoms with Gasteiger partial charge in [-0.15, -0.1) is 0 Å². The van der Waals surface area contributed by atoms with E-state index in [0.717, 1.165) is 12.1 Å². The average Bonchev–Trinajstić information content (AvgIpc) is 2.53. The second-order valence-corrected chi connectivity index (χ2v) is 8.40. The van der Waals surface area contributed by atoms with Gasteiger partial charge in [-0.2, -0.15) is 13.2 Å². The molecule has 3 nitrogen and oxygen atoms in total. The van der Waals surface area contributed by atoms with Crippen molar-refractivity contribution in [1.82, 2.24) is 0 Å². The second kappa shape index (κ2) is 6.75. The molecule has 0 heterocycles. The number of rotatable bonds is 3. The molecular weight excluding hydrogens is 455 g/mol. The van der Waals surface area contributed by atoms with Gasteiger partial charge < -0.3 is 0 Å². The molecule has 0 saturated heterocycles. The van der Waals surface area contributed by atoms with E-state index in [4.69, 9.17) is 11.6 Å². The number of nitrogens with one attached hydrogen (secondary N) is 1. The van der Waals surface area contributed by atoms with Crippen molar-refractivity contribution in [3.63, 3.8) is 0 Å². The highest BCUT2D eigenvalue weighted by Crippen LogP contribution is 2.35. The lowest BCUT2D eigenvalue weighted by Gasteiger charge is -2.14. The summed E-state index contributed by atoms with van der Waals surface area (Å²) in [6, 6.07) is 12.3. The van der Waals surface area contributed by atoms with E-state index >= 15 is 0 Å². The van der Waals surface area contributed by atoms with Crippen molar-refractivity contribution >= 4 is 54.0 Å². The molecule has 0 bridgehead atoms. The third-order valence-corrected chi connectivity index (χ3v) is 5.78. The Morgan fingerprint density at radius 2 is 1.65 bits per heavy atom. The SMILES string of the molecule is O=S(=O)(Nc1cc(Br)cc(C(F)(F)F)c1)c1cccc2cccc(Cl)c12. The van der Waals surface area contributed by atoms with Crippen LogP contribution in [-0.2, 0) is 16.2 Å². The minimum absolute atomic E-state index is 0.0981. The van der Waals surface area contributed by atoms with Gasteiger partial charge in [0, 0.05) is 14.9 Å². The van der Waals surface area contributed by atoms with Crippen molar-refractivity contribution < 1.29 is 21.6 Å². The molecule has 0 amide bonds. The van der Waals surface area contributed by atoms with Crippen molar-refractivity contribution in [2.45, 2.75) is 11.1 Å². The number of sulfonamides is 1. The van der Waals surface area contributed by atoms with Gasteiger partial charge in [0.2, 0.25) is 0 Å². The van der Waals surface area contributed by atoms with E-state index in [2.05, 4.69) is 20.7 Å². The molecule has 136 valence electrons. The number of alkyl halides is 3. The molecule has 0 unspecified atom stereocenters. The summed E-state index contributed by atoms with van der Waals surface area (Å²) in [6.45, 7) is 0. The number of hydrogen-bond donors (Lipinski definition) is 1. The van der Waals surface area contributed by atoms with Crippen LogP contribution in [0.2, 0.25) is 5.02 Å². The van der Waals surface area contributed by atoms with Crippen molar-refractivity contribution in [3.8, 4) is 0 Å². The lowest BCUT2D eigenvalue weighted by Crippen LogP contribution is -2.14. The van der Waals surface area contributed by atoms with Gasteiger partial charge in [0.1, 0.15) is 0 Å². The zero-order valence-electron chi connectivity index (χ0n) is 12.8. The molecule has 0 aliphatic heterocycles. The van der Waals surface area contributed by atoms with E-state index in [1.54, 1.807) is 24.3 Å². The van der Waals surface area contributed by atoms with Crippen LogP contribution in [-0.4, -0.2) is 8.42 Å². The summed E-state index contributed by atoms with van der Waals surface area (Å²) in [5, 5.41) is 1.13. The number of benzene rings is 3. The Labute approximate surface area is 161 Å². The first-order valence-electron chi connectivity index (χ1n) is 7.16. The Bertz CT molecular complexity index is 1100. The Morgan fingerprint density at radius 1 is 1.00 bits per heavy atom. The summed E-state index contributed by atoms with van der Waals surface area (Å²) in [5.41, 5.74) is -1.18. The number of fused-ring (bicyclic) bond motifs is 1. The fourth-order valence-corrected chi connectivity index (χ4v) is 4.63. The van der Waals surface area contributed by atoms with Gasteiger partial charge in [-0.1, -0.05) is 51.8 Å². The van der Waals surface area contributed by atoms with E-state index in [-0.39, 0.29) is 20.1 Å². The fraction of sp³-hybridized carbons (Fsp3) is 0.0588. The Morgan fingerprint density at radius 3 is 2.31 bits per heavy atom. The summed E-state index contributed by atoms with van der Waals surface area (Å²) in [7, 11) is -4.16. The quantitative estimate of drug-likeness (QED) is 0.511. The first-order chi connectivity index (χ1) is 12.1.